The Bertz CT molecular complexity index is 255. The van der Waals surface area contributed by atoms with Gasteiger partial charge in [0.25, 0.3) is 0 Å². The van der Waals surface area contributed by atoms with E-state index in [1.165, 1.54) is 44.9 Å². The number of rotatable bonds is 1. The summed E-state index contributed by atoms with van der Waals surface area (Å²) in [5, 5.41) is 12.4. The Kier molecular flexibility index (Phi) is 3.22. The minimum atomic E-state index is 0.481. The lowest BCUT2D eigenvalue weighted by Gasteiger charge is -2.27. The van der Waals surface area contributed by atoms with Crippen molar-refractivity contribution < 1.29 is 5.21 Å². The normalized spacial score (nSPS) is 31.6. The highest BCUT2D eigenvalue weighted by Gasteiger charge is 2.24. The Labute approximate surface area is 85.7 Å². The molecule has 1 saturated carbocycles. The smallest absolute Gasteiger partial charge is 0.0641 e. The highest BCUT2D eigenvalue weighted by atomic mass is 16.4. The molecule has 2 nitrogen and oxygen atoms in total. The molecule has 0 aliphatic heterocycles. The summed E-state index contributed by atoms with van der Waals surface area (Å²) in [6.45, 7) is 0. The van der Waals surface area contributed by atoms with Crippen LogP contribution in [0.5, 0.6) is 0 Å². The van der Waals surface area contributed by atoms with Crippen molar-refractivity contribution in [3.05, 3.63) is 11.6 Å². The van der Waals surface area contributed by atoms with Crippen LogP contribution in [0.1, 0.15) is 51.4 Å². The van der Waals surface area contributed by atoms with Gasteiger partial charge in [-0.15, -0.1) is 0 Å². The van der Waals surface area contributed by atoms with Gasteiger partial charge in [-0.05, 0) is 44.9 Å². The lowest BCUT2D eigenvalue weighted by molar-refractivity contribution is 0.310. The van der Waals surface area contributed by atoms with Crippen molar-refractivity contribution in [2.45, 2.75) is 51.4 Å². The monoisotopic (exact) mass is 193 g/mol. The summed E-state index contributed by atoms with van der Waals surface area (Å²) in [4.78, 5) is 0. The second-order valence-corrected chi connectivity index (χ2v) is 4.41. The number of allylic oxidation sites excluding steroid dienone is 2. The molecule has 0 radical (unpaired) electrons. The fourth-order valence-corrected chi connectivity index (χ4v) is 2.69. The third-order valence-electron chi connectivity index (χ3n) is 3.48. The molecule has 2 rings (SSSR count). The molecule has 0 bridgehead atoms. The van der Waals surface area contributed by atoms with Gasteiger partial charge in [-0.1, -0.05) is 23.2 Å². The van der Waals surface area contributed by atoms with Crippen LogP contribution in [0.4, 0.5) is 0 Å². The molecule has 1 N–H and O–H groups in total. The summed E-state index contributed by atoms with van der Waals surface area (Å²) < 4.78 is 0. The molecule has 2 aliphatic rings. The molecule has 0 saturated heterocycles. The summed E-state index contributed by atoms with van der Waals surface area (Å²) in [6.07, 6.45) is 12.2. The number of nitrogens with zero attached hydrogens (tertiary/aromatic N) is 1. The first kappa shape index (κ1) is 9.75. The van der Waals surface area contributed by atoms with E-state index in [2.05, 4.69) is 11.2 Å². The molecule has 2 heteroatoms. The van der Waals surface area contributed by atoms with Crippen molar-refractivity contribution in [2.24, 2.45) is 11.1 Å². The van der Waals surface area contributed by atoms with E-state index in [1.807, 2.05) is 0 Å². The molecule has 1 fully saturated rings. The average molecular weight is 193 g/mol. The fraction of sp³-hybridized carbons (Fsp3) is 0.750. The van der Waals surface area contributed by atoms with Gasteiger partial charge in [0.1, 0.15) is 0 Å². The van der Waals surface area contributed by atoms with Gasteiger partial charge in [-0.3, -0.25) is 0 Å². The van der Waals surface area contributed by atoms with Crippen molar-refractivity contribution in [1.29, 1.82) is 0 Å². The second-order valence-electron chi connectivity index (χ2n) is 4.41. The first-order valence-electron chi connectivity index (χ1n) is 5.81. The van der Waals surface area contributed by atoms with Crippen molar-refractivity contribution in [2.75, 3.05) is 0 Å². The number of oxime groups is 1. The topological polar surface area (TPSA) is 32.6 Å². The lowest BCUT2D eigenvalue weighted by atomic mass is 9.78. The molecule has 1 atom stereocenters. The van der Waals surface area contributed by atoms with Crippen molar-refractivity contribution in [3.63, 3.8) is 0 Å². The summed E-state index contributed by atoms with van der Waals surface area (Å²) in [6, 6.07) is 0. The zero-order valence-electron chi connectivity index (χ0n) is 8.71. The molecule has 78 valence electrons. The highest BCUT2D eigenvalue weighted by molar-refractivity contribution is 5.89. The van der Waals surface area contributed by atoms with E-state index < -0.39 is 0 Å². The van der Waals surface area contributed by atoms with Crippen molar-refractivity contribution >= 4 is 5.71 Å². The van der Waals surface area contributed by atoms with E-state index in [0.29, 0.717) is 5.92 Å². The Balaban J connectivity index is 2.10. The van der Waals surface area contributed by atoms with Gasteiger partial charge < -0.3 is 5.21 Å². The molecule has 0 amide bonds. The van der Waals surface area contributed by atoms with Crippen LogP contribution in [0.15, 0.2) is 16.8 Å². The summed E-state index contributed by atoms with van der Waals surface area (Å²) in [5.41, 5.74) is 2.58. The lowest BCUT2D eigenvalue weighted by Crippen LogP contribution is -2.22. The average Bonchev–Trinajstić information content (AvgIpc) is 2.30. The summed E-state index contributed by atoms with van der Waals surface area (Å²) in [7, 11) is 0. The zero-order chi connectivity index (χ0) is 9.80. The van der Waals surface area contributed by atoms with Crippen LogP contribution >= 0.6 is 0 Å². The molecular formula is C12H19NO. The molecule has 0 spiro atoms. The maximum Gasteiger partial charge on any atom is 0.0641 e. The van der Waals surface area contributed by atoms with Gasteiger partial charge in [-0.2, -0.15) is 0 Å². The van der Waals surface area contributed by atoms with E-state index in [-0.39, 0.29) is 0 Å². The van der Waals surface area contributed by atoms with Gasteiger partial charge in [0.2, 0.25) is 0 Å². The van der Waals surface area contributed by atoms with Crippen LogP contribution in [-0.4, -0.2) is 10.9 Å². The Morgan fingerprint density at radius 1 is 1.14 bits per heavy atom. The third-order valence-corrected chi connectivity index (χ3v) is 3.48. The van der Waals surface area contributed by atoms with Crippen molar-refractivity contribution in [3.8, 4) is 0 Å². The zero-order valence-corrected chi connectivity index (χ0v) is 8.71. The second kappa shape index (κ2) is 4.63. The maximum atomic E-state index is 8.95. The number of hydrogen-bond donors (Lipinski definition) is 1. The minimum Gasteiger partial charge on any atom is -0.411 e. The SMILES string of the molecule is O/N=C1\CCCC[C@@H]1C1=CCCCC1. The highest BCUT2D eigenvalue weighted by Crippen LogP contribution is 2.33. The van der Waals surface area contributed by atoms with E-state index in [9.17, 15) is 0 Å². The predicted octanol–water partition coefficient (Wildman–Crippen LogP) is 3.51. The van der Waals surface area contributed by atoms with Gasteiger partial charge in [0.05, 0.1) is 5.71 Å². The molecule has 14 heavy (non-hydrogen) atoms. The summed E-state index contributed by atoms with van der Waals surface area (Å²) in [5.74, 6) is 0.481. The van der Waals surface area contributed by atoms with Gasteiger partial charge in [-0.25, -0.2) is 0 Å². The third kappa shape index (κ3) is 1.99. The van der Waals surface area contributed by atoms with E-state index in [1.54, 1.807) is 5.57 Å². The van der Waals surface area contributed by atoms with E-state index >= 15 is 0 Å². The molecule has 0 aromatic carbocycles. The van der Waals surface area contributed by atoms with Gasteiger partial charge in [0.15, 0.2) is 0 Å². The Morgan fingerprint density at radius 2 is 2.00 bits per heavy atom. The predicted molar refractivity (Wildman–Crippen MR) is 57.7 cm³/mol. The molecule has 2 aliphatic carbocycles. The standard InChI is InChI=1S/C12H19NO/c14-13-12-9-5-4-8-11(12)10-6-2-1-3-7-10/h6,11,14H,1-5,7-9H2/b13-12+/t11-/m1/s1. The van der Waals surface area contributed by atoms with Crippen LogP contribution < -0.4 is 0 Å². The van der Waals surface area contributed by atoms with Crippen LogP contribution in [-0.2, 0) is 0 Å². The van der Waals surface area contributed by atoms with E-state index in [0.717, 1.165) is 12.1 Å². The Hall–Kier alpha value is -0.790. The van der Waals surface area contributed by atoms with Crippen LogP contribution in [0, 0.1) is 5.92 Å². The first-order chi connectivity index (χ1) is 6.92. The van der Waals surface area contributed by atoms with Crippen LogP contribution in [0.3, 0.4) is 0 Å². The molecule has 0 aromatic rings. The number of hydrogen-bond acceptors (Lipinski definition) is 2. The summed E-state index contributed by atoms with van der Waals surface area (Å²) >= 11 is 0. The minimum absolute atomic E-state index is 0.481. The van der Waals surface area contributed by atoms with Crippen LogP contribution in [0.25, 0.3) is 0 Å². The molecule has 0 aromatic heterocycles. The molecule has 0 unspecified atom stereocenters. The van der Waals surface area contributed by atoms with Crippen LogP contribution in [0.2, 0.25) is 0 Å². The van der Waals surface area contributed by atoms with Gasteiger partial charge in [0, 0.05) is 5.92 Å². The fourth-order valence-electron chi connectivity index (χ4n) is 2.69. The first-order valence-corrected chi connectivity index (χ1v) is 5.81. The maximum absolute atomic E-state index is 8.95. The van der Waals surface area contributed by atoms with Crippen molar-refractivity contribution in [1.82, 2.24) is 0 Å². The van der Waals surface area contributed by atoms with Gasteiger partial charge >= 0.3 is 0 Å². The Morgan fingerprint density at radius 3 is 2.71 bits per heavy atom. The molecular weight excluding hydrogens is 174 g/mol. The quantitative estimate of drug-likeness (QED) is 0.386. The van der Waals surface area contributed by atoms with E-state index in [4.69, 9.17) is 5.21 Å². The largest absolute Gasteiger partial charge is 0.411 e. The molecule has 0 heterocycles.